The van der Waals surface area contributed by atoms with E-state index < -0.39 is 5.41 Å². The molecule has 1 aromatic rings. The fourth-order valence-corrected chi connectivity index (χ4v) is 2.15. The summed E-state index contributed by atoms with van der Waals surface area (Å²) < 4.78 is 0.924. The molecule has 4 N–H and O–H groups in total. The van der Waals surface area contributed by atoms with Crippen molar-refractivity contribution in [3.63, 3.8) is 0 Å². The van der Waals surface area contributed by atoms with Crippen molar-refractivity contribution >= 4 is 44.7 Å². The average molecular weight is 344 g/mol. The molecule has 0 aliphatic heterocycles. The van der Waals surface area contributed by atoms with Crippen molar-refractivity contribution in [1.82, 2.24) is 5.32 Å². The Bertz CT molecular complexity index is 503. The molecule has 19 heavy (non-hydrogen) atoms. The van der Waals surface area contributed by atoms with E-state index in [0.717, 1.165) is 15.7 Å². The molecule has 1 amide bonds. The van der Waals surface area contributed by atoms with E-state index in [1.165, 1.54) is 0 Å². The summed E-state index contributed by atoms with van der Waals surface area (Å²) in [6, 6.07) is 5.62. The maximum Gasteiger partial charge on any atom is 0.227 e. The molecule has 0 heterocycles. The molecule has 0 aliphatic rings. The van der Waals surface area contributed by atoms with Gasteiger partial charge in [-0.2, -0.15) is 0 Å². The number of hydrogen-bond acceptors (Lipinski definition) is 3. The van der Waals surface area contributed by atoms with Crippen molar-refractivity contribution in [2.75, 3.05) is 18.9 Å². The molecular weight excluding hydrogens is 326 g/mol. The third kappa shape index (κ3) is 4.18. The lowest BCUT2D eigenvalue weighted by Crippen LogP contribution is -2.39. The predicted octanol–water partition coefficient (Wildman–Crippen LogP) is 2.27. The summed E-state index contributed by atoms with van der Waals surface area (Å²) in [6.45, 7) is 4.23. The maximum absolute atomic E-state index is 11.7. The molecule has 0 spiro atoms. The molecule has 1 rings (SSSR count). The number of rotatable bonds is 5. The van der Waals surface area contributed by atoms with Crippen LogP contribution in [0, 0.1) is 5.41 Å². The van der Waals surface area contributed by atoms with E-state index in [9.17, 15) is 4.79 Å². The summed E-state index contributed by atoms with van der Waals surface area (Å²) in [5.74, 6) is -0.0214. The third-order valence-corrected chi connectivity index (χ3v) is 3.52. The van der Waals surface area contributed by atoms with Crippen LogP contribution in [-0.4, -0.2) is 24.5 Å². The quantitative estimate of drug-likeness (QED) is 0.717. The van der Waals surface area contributed by atoms with E-state index in [0.29, 0.717) is 11.5 Å². The molecule has 0 bridgehead atoms. The zero-order chi connectivity index (χ0) is 14.6. The van der Waals surface area contributed by atoms with Gasteiger partial charge in [0, 0.05) is 29.3 Å². The fourth-order valence-electron chi connectivity index (χ4n) is 1.61. The number of benzene rings is 1. The summed E-state index contributed by atoms with van der Waals surface area (Å²) in [6.07, 6.45) is 0. The number of hydrogen-bond donors (Lipinski definition) is 3. The molecule has 6 heteroatoms. The zero-order valence-electron chi connectivity index (χ0n) is 11.2. The monoisotopic (exact) mass is 343 g/mol. The van der Waals surface area contributed by atoms with Gasteiger partial charge in [-0.05, 0) is 32.0 Å². The standard InChI is InChI=1S/C13H18BrN3OS/c1-13(2,12(18)16-3)7-17-10-6-8(14)4-5-9(10)11(15)19/h4-6,17H,7H2,1-3H3,(H2,15,19)(H,16,18). The Labute approximate surface area is 127 Å². The second-order valence-electron chi connectivity index (χ2n) is 4.87. The number of carbonyl (C=O) groups is 1. The van der Waals surface area contributed by atoms with Crippen LogP contribution in [0.15, 0.2) is 22.7 Å². The maximum atomic E-state index is 11.7. The van der Waals surface area contributed by atoms with Crippen LogP contribution in [0.3, 0.4) is 0 Å². The summed E-state index contributed by atoms with van der Waals surface area (Å²) >= 11 is 8.42. The van der Waals surface area contributed by atoms with E-state index in [2.05, 4.69) is 26.6 Å². The molecule has 4 nitrogen and oxygen atoms in total. The van der Waals surface area contributed by atoms with E-state index in [1.54, 1.807) is 7.05 Å². The van der Waals surface area contributed by atoms with Crippen molar-refractivity contribution in [2.45, 2.75) is 13.8 Å². The Morgan fingerprint density at radius 3 is 2.63 bits per heavy atom. The van der Waals surface area contributed by atoms with Crippen molar-refractivity contribution in [3.8, 4) is 0 Å². The van der Waals surface area contributed by atoms with Gasteiger partial charge < -0.3 is 16.4 Å². The van der Waals surface area contributed by atoms with Gasteiger partial charge in [0.05, 0.1) is 5.41 Å². The molecule has 0 aromatic heterocycles. The van der Waals surface area contributed by atoms with Gasteiger partial charge in [0.2, 0.25) is 5.91 Å². The first-order valence-corrected chi connectivity index (χ1v) is 7.03. The van der Waals surface area contributed by atoms with Gasteiger partial charge in [0.25, 0.3) is 0 Å². The Morgan fingerprint density at radius 2 is 2.11 bits per heavy atom. The minimum Gasteiger partial charge on any atom is -0.389 e. The smallest absolute Gasteiger partial charge is 0.227 e. The first-order valence-electron chi connectivity index (χ1n) is 5.83. The lowest BCUT2D eigenvalue weighted by atomic mass is 9.92. The Balaban J connectivity index is 2.91. The molecule has 0 unspecified atom stereocenters. The van der Waals surface area contributed by atoms with E-state index in [1.807, 2.05) is 32.0 Å². The lowest BCUT2D eigenvalue weighted by Gasteiger charge is -2.24. The second kappa shape index (κ2) is 6.34. The largest absolute Gasteiger partial charge is 0.389 e. The highest BCUT2D eigenvalue weighted by atomic mass is 79.9. The van der Waals surface area contributed by atoms with Crippen LogP contribution < -0.4 is 16.4 Å². The number of anilines is 1. The van der Waals surface area contributed by atoms with Gasteiger partial charge in [-0.25, -0.2) is 0 Å². The highest BCUT2D eigenvalue weighted by Gasteiger charge is 2.26. The van der Waals surface area contributed by atoms with Gasteiger partial charge in [0.1, 0.15) is 4.99 Å². The SMILES string of the molecule is CNC(=O)C(C)(C)CNc1cc(Br)ccc1C(N)=S. The van der Waals surface area contributed by atoms with E-state index in [-0.39, 0.29) is 5.91 Å². The van der Waals surface area contributed by atoms with Crippen LogP contribution in [0.4, 0.5) is 5.69 Å². The van der Waals surface area contributed by atoms with Gasteiger partial charge in [-0.1, -0.05) is 28.1 Å². The van der Waals surface area contributed by atoms with Crippen molar-refractivity contribution in [3.05, 3.63) is 28.2 Å². The minimum absolute atomic E-state index is 0.0214. The first-order chi connectivity index (χ1) is 8.77. The molecular formula is C13H18BrN3OS. The number of thiocarbonyl (C=S) groups is 1. The number of halogens is 1. The molecule has 0 aliphatic carbocycles. The second-order valence-corrected chi connectivity index (χ2v) is 6.23. The molecule has 0 radical (unpaired) electrons. The van der Waals surface area contributed by atoms with E-state index >= 15 is 0 Å². The molecule has 104 valence electrons. The number of carbonyl (C=O) groups excluding carboxylic acids is 1. The van der Waals surface area contributed by atoms with Crippen LogP contribution in [0.5, 0.6) is 0 Å². The molecule has 0 atom stereocenters. The minimum atomic E-state index is -0.523. The summed E-state index contributed by atoms with van der Waals surface area (Å²) in [7, 11) is 1.63. The van der Waals surface area contributed by atoms with Crippen LogP contribution in [0.2, 0.25) is 0 Å². The Kier molecular flexibility index (Phi) is 5.31. The van der Waals surface area contributed by atoms with Crippen molar-refractivity contribution in [2.24, 2.45) is 11.1 Å². The Hall–Kier alpha value is -1.14. The van der Waals surface area contributed by atoms with Gasteiger partial charge in [-0.15, -0.1) is 0 Å². The predicted molar refractivity (Wildman–Crippen MR) is 86.4 cm³/mol. The summed E-state index contributed by atoms with van der Waals surface area (Å²) in [5, 5.41) is 5.88. The number of nitrogens with one attached hydrogen (secondary N) is 2. The topological polar surface area (TPSA) is 67.2 Å². The van der Waals surface area contributed by atoms with E-state index in [4.69, 9.17) is 18.0 Å². The number of nitrogens with two attached hydrogens (primary N) is 1. The summed E-state index contributed by atoms with van der Waals surface area (Å²) in [4.78, 5) is 12.1. The van der Waals surface area contributed by atoms with Crippen LogP contribution >= 0.6 is 28.1 Å². The van der Waals surface area contributed by atoms with Crippen molar-refractivity contribution in [1.29, 1.82) is 0 Å². The van der Waals surface area contributed by atoms with Crippen LogP contribution in [0.1, 0.15) is 19.4 Å². The highest BCUT2D eigenvalue weighted by molar-refractivity contribution is 9.10. The zero-order valence-corrected chi connectivity index (χ0v) is 13.6. The van der Waals surface area contributed by atoms with Gasteiger partial charge in [0.15, 0.2) is 0 Å². The summed E-state index contributed by atoms with van der Waals surface area (Å²) in [5.41, 5.74) is 6.75. The van der Waals surface area contributed by atoms with Crippen LogP contribution in [-0.2, 0) is 4.79 Å². The molecule has 1 aromatic carbocycles. The molecule has 0 saturated carbocycles. The number of amides is 1. The van der Waals surface area contributed by atoms with Crippen molar-refractivity contribution < 1.29 is 4.79 Å². The molecule has 0 saturated heterocycles. The van der Waals surface area contributed by atoms with Crippen LogP contribution in [0.25, 0.3) is 0 Å². The fraction of sp³-hybridized carbons (Fsp3) is 0.385. The van der Waals surface area contributed by atoms with Gasteiger partial charge >= 0.3 is 0 Å². The Morgan fingerprint density at radius 1 is 1.47 bits per heavy atom. The molecule has 0 fully saturated rings. The first kappa shape index (κ1) is 15.9. The lowest BCUT2D eigenvalue weighted by molar-refractivity contribution is -0.128. The highest BCUT2D eigenvalue weighted by Crippen LogP contribution is 2.24. The normalized spacial score (nSPS) is 10.9. The van der Waals surface area contributed by atoms with Gasteiger partial charge in [-0.3, -0.25) is 4.79 Å². The third-order valence-electron chi connectivity index (χ3n) is 2.81. The average Bonchev–Trinajstić information content (AvgIpc) is 2.35.